The predicted molar refractivity (Wildman–Crippen MR) is 104 cm³/mol. The lowest BCUT2D eigenvalue weighted by molar-refractivity contribution is 0.271. The lowest BCUT2D eigenvalue weighted by Crippen LogP contribution is -2.47. The molecule has 2 heterocycles. The van der Waals surface area contributed by atoms with Gasteiger partial charge in [0.2, 0.25) is 0 Å². The van der Waals surface area contributed by atoms with Crippen LogP contribution in [-0.2, 0) is 9.84 Å². The van der Waals surface area contributed by atoms with Gasteiger partial charge in [0, 0.05) is 43.4 Å². The molecule has 25 heavy (non-hydrogen) atoms. The van der Waals surface area contributed by atoms with Crippen molar-refractivity contribution in [3.63, 3.8) is 0 Å². The molecule has 1 aromatic carbocycles. The molecule has 0 spiro atoms. The molecule has 0 saturated carbocycles. The van der Waals surface area contributed by atoms with E-state index in [2.05, 4.69) is 30.7 Å². The van der Waals surface area contributed by atoms with Crippen LogP contribution in [0.25, 0.3) is 0 Å². The molecular weight excluding hydrogens is 426 g/mol. The number of aromatic nitrogens is 1. The maximum atomic E-state index is 12.4. The Morgan fingerprint density at radius 3 is 2.32 bits per heavy atom. The Bertz CT molecular complexity index is 805. The molecule has 0 unspecified atom stereocenters. The van der Waals surface area contributed by atoms with Gasteiger partial charge in [-0.3, -0.25) is 4.90 Å². The normalized spacial score (nSPS) is 16.2. The van der Waals surface area contributed by atoms with E-state index in [9.17, 15) is 8.42 Å². The van der Waals surface area contributed by atoms with Crippen molar-refractivity contribution in [1.29, 1.82) is 0 Å². The second-order valence-electron chi connectivity index (χ2n) is 5.94. The summed E-state index contributed by atoms with van der Waals surface area (Å²) in [7, 11) is -3.25. The summed E-state index contributed by atoms with van der Waals surface area (Å²) < 4.78 is 25.7. The highest BCUT2D eigenvalue weighted by molar-refractivity contribution is 9.10. The van der Waals surface area contributed by atoms with E-state index in [1.54, 1.807) is 30.5 Å². The molecule has 0 bridgehead atoms. The first-order chi connectivity index (χ1) is 11.9. The van der Waals surface area contributed by atoms with Crippen LogP contribution < -0.4 is 4.90 Å². The van der Waals surface area contributed by atoms with Crippen molar-refractivity contribution in [3.05, 3.63) is 52.1 Å². The molecule has 1 aromatic heterocycles. The third-order valence-electron chi connectivity index (χ3n) is 4.26. The number of piperazine rings is 1. The molecule has 0 atom stereocenters. The zero-order chi connectivity index (χ0) is 17.9. The van der Waals surface area contributed by atoms with Crippen molar-refractivity contribution in [2.75, 3.05) is 43.4 Å². The van der Waals surface area contributed by atoms with Crippen LogP contribution in [0.4, 0.5) is 5.82 Å². The molecule has 1 aliphatic heterocycles. The number of rotatable bonds is 5. The number of sulfone groups is 1. The maximum absolute atomic E-state index is 12.4. The van der Waals surface area contributed by atoms with Gasteiger partial charge in [-0.05, 0) is 36.4 Å². The zero-order valence-corrected chi connectivity index (χ0v) is 16.8. The number of halogens is 2. The average Bonchev–Trinajstić information content (AvgIpc) is 2.62. The molecule has 0 aliphatic carbocycles. The third-order valence-corrected chi connectivity index (χ3v) is 6.72. The van der Waals surface area contributed by atoms with Crippen LogP contribution in [0.3, 0.4) is 0 Å². The van der Waals surface area contributed by atoms with E-state index in [-0.39, 0.29) is 5.75 Å². The number of anilines is 1. The summed E-state index contributed by atoms with van der Waals surface area (Å²) in [5.41, 5.74) is 0. The van der Waals surface area contributed by atoms with Crippen LogP contribution in [-0.4, -0.2) is 56.8 Å². The van der Waals surface area contributed by atoms with Gasteiger partial charge in [0.1, 0.15) is 5.82 Å². The van der Waals surface area contributed by atoms with E-state index in [0.29, 0.717) is 16.5 Å². The minimum Gasteiger partial charge on any atom is -0.354 e. The van der Waals surface area contributed by atoms with Gasteiger partial charge >= 0.3 is 0 Å². The first kappa shape index (κ1) is 18.6. The zero-order valence-electron chi connectivity index (χ0n) is 13.6. The van der Waals surface area contributed by atoms with Crippen molar-refractivity contribution in [2.45, 2.75) is 4.90 Å². The van der Waals surface area contributed by atoms with Crippen molar-refractivity contribution in [1.82, 2.24) is 9.88 Å². The minimum atomic E-state index is -3.25. The van der Waals surface area contributed by atoms with Crippen molar-refractivity contribution in [2.24, 2.45) is 0 Å². The van der Waals surface area contributed by atoms with Gasteiger partial charge in [0.15, 0.2) is 9.84 Å². The number of benzene rings is 1. The van der Waals surface area contributed by atoms with Crippen LogP contribution in [0.1, 0.15) is 0 Å². The minimum absolute atomic E-state index is 0.133. The van der Waals surface area contributed by atoms with Gasteiger partial charge in [-0.2, -0.15) is 0 Å². The van der Waals surface area contributed by atoms with E-state index in [1.165, 1.54) is 0 Å². The Balaban J connectivity index is 1.52. The van der Waals surface area contributed by atoms with Crippen LogP contribution in [0.2, 0.25) is 5.02 Å². The monoisotopic (exact) mass is 443 g/mol. The quantitative estimate of drug-likeness (QED) is 0.709. The summed E-state index contributed by atoms with van der Waals surface area (Å²) in [6.45, 7) is 3.83. The molecule has 2 aromatic rings. The molecule has 134 valence electrons. The number of hydrogen-bond acceptors (Lipinski definition) is 5. The van der Waals surface area contributed by atoms with Crippen LogP contribution in [0.5, 0.6) is 0 Å². The molecule has 3 rings (SSSR count). The molecule has 0 amide bonds. The van der Waals surface area contributed by atoms with E-state index in [4.69, 9.17) is 11.6 Å². The molecule has 5 nitrogen and oxygen atoms in total. The Hall–Kier alpha value is -1.15. The van der Waals surface area contributed by atoms with Gasteiger partial charge in [0.05, 0.1) is 15.7 Å². The molecule has 1 fully saturated rings. The smallest absolute Gasteiger partial charge is 0.179 e. The highest BCUT2D eigenvalue weighted by Gasteiger charge is 2.21. The average molecular weight is 445 g/mol. The van der Waals surface area contributed by atoms with E-state index in [0.717, 1.165) is 36.5 Å². The Morgan fingerprint density at radius 2 is 1.72 bits per heavy atom. The summed E-state index contributed by atoms with van der Waals surface area (Å²) in [5, 5.41) is 0.625. The van der Waals surface area contributed by atoms with Crippen molar-refractivity contribution in [3.8, 4) is 0 Å². The third kappa shape index (κ3) is 4.94. The molecule has 0 N–H and O–H groups in total. The maximum Gasteiger partial charge on any atom is 0.179 e. The summed E-state index contributed by atoms with van der Waals surface area (Å²) in [6.07, 6.45) is 1.65. The summed E-state index contributed by atoms with van der Waals surface area (Å²) in [5.74, 6) is 1.04. The Labute approximate surface area is 161 Å². The standard InChI is InChI=1S/C17H19BrClN3O2S/c18-14-1-4-16(5-2-14)25(23,24)12-11-21-7-9-22(10-8-21)17-6-3-15(19)13-20-17/h1-6,13H,7-12H2. The highest BCUT2D eigenvalue weighted by Crippen LogP contribution is 2.18. The Kier molecular flexibility index (Phi) is 5.99. The van der Waals surface area contributed by atoms with Gasteiger partial charge < -0.3 is 4.90 Å². The van der Waals surface area contributed by atoms with E-state index < -0.39 is 9.84 Å². The molecular formula is C17H19BrClN3O2S. The van der Waals surface area contributed by atoms with Crippen LogP contribution in [0.15, 0.2) is 52.0 Å². The summed E-state index contributed by atoms with van der Waals surface area (Å²) in [6, 6.07) is 10.5. The highest BCUT2D eigenvalue weighted by atomic mass is 79.9. The van der Waals surface area contributed by atoms with E-state index in [1.807, 2.05) is 12.1 Å². The molecule has 8 heteroatoms. The first-order valence-corrected chi connectivity index (χ1v) is 10.8. The second-order valence-corrected chi connectivity index (χ2v) is 9.40. The predicted octanol–water partition coefficient (Wildman–Crippen LogP) is 3.09. The number of pyridine rings is 1. The first-order valence-electron chi connectivity index (χ1n) is 8.01. The van der Waals surface area contributed by atoms with Gasteiger partial charge in [0.25, 0.3) is 0 Å². The molecule has 1 saturated heterocycles. The fraction of sp³-hybridized carbons (Fsp3) is 0.353. The topological polar surface area (TPSA) is 53.5 Å². The largest absolute Gasteiger partial charge is 0.354 e. The van der Waals surface area contributed by atoms with Gasteiger partial charge in [-0.15, -0.1) is 0 Å². The van der Waals surface area contributed by atoms with Crippen molar-refractivity contribution < 1.29 is 8.42 Å². The van der Waals surface area contributed by atoms with Gasteiger partial charge in [-0.1, -0.05) is 27.5 Å². The second kappa shape index (κ2) is 8.03. The van der Waals surface area contributed by atoms with Crippen molar-refractivity contribution >= 4 is 43.2 Å². The summed E-state index contributed by atoms with van der Waals surface area (Å²) in [4.78, 5) is 9.08. The number of hydrogen-bond donors (Lipinski definition) is 0. The number of nitrogens with zero attached hydrogens (tertiary/aromatic N) is 3. The SMILES string of the molecule is O=S(=O)(CCN1CCN(c2ccc(Cl)cn2)CC1)c1ccc(Br)cc1. The molecule has 0 radical (unpaired) electrons. The summed E-state index contributed by atoms with van der Waals surface area (Å²) >= 11 is 9.19. The fourth-order valence-electron chi connectivity index (χ4n) is 2.76. The fourth-order valence-corrected chi connectivity index (χ4v) is 4.43. The van der Waals surface area contributed by atoms with Gasteiger partial charge in [-0.25, -0.2) is 13.4 Å². The lowest BCUT2D eigenvalue weighted by atomic mass is 10.3. The lowest BCUT2D eigenvalue weighted by Gasteiger charge is -2.35. The van der Waals surface area contributed by atoms with E-state index >= 15 is 0 Å². The van der Waals surface area contributed by atoms with Crippen LogP contribution >= 0.6 is 27.5 Å². The molecule has 1 aliphatic rings. The Morgan fingerprint density at radius 1 is 1.04 bits per heavy atom. The van der Waals surface area contributed by atoms with Crippen LogP contribution in [0, 0.1) is 0 Å².